The third kappa shape index (κ3) is 2.84. The molecule has 0 unspecified atom stereocenters. The molecule has 2 aromatic heterocycles. The van der Waals surface area contributed by atoms with E-state index in [1.807, 2.05) is 13.8 Å². The van der Waals surface area contributed by atoms with Crippen LogP contribution < -0.4 is 16.0 Å². The van der Waals surface area contributed by atoms with Crippen LogP contribution in [0.5, 0.6) is 5.75 Å². The maximum absolute atomic E-state index is 12.7. The highest BCUT2D eigenvalue weighted by Crippen LogP contribution is 2.18. The molecule has 2 rings (SSSR count). The van der Waals surface area contributed by atoms with Crippen LogP contribution in [0.2, 0.25) is 0 Å². The van der Waals surface area contributed by atoms with E-state index in [1.165, 1.54) is 24.9 Å². The van der Waals surface area contributed by atoms with E-state index >= 15 is 0 Å². The van der Waals surface area contributed by atoms with Crippen molar-refractivity contribution in [1.29, 1.82) is 0 Å². The fraction of sp³-hybridized carbons (Fsp3) is 0.467. The zero-order valence-electron chi connectivity index (χ0n) is 13.7. The van der Waals surface area contributed by atoms with Gasteiger partial charge in [-0.2, -0.15) is 0 Å². The van der Waals surface area contributed by atoms with E-state index in [1.54, 1.807) is 11.0 Å². The number of aryl methyl sites for hydroxylation is 1. The number of hydrogen-bond acceptors (Lipinski definition) is 5. The predicted octanol–water partition coefficient (Wildman–Crippen LogP) is -0.0278. The second kappa shape index (κ2) is 6.64. The zero-order chi connectivity index (χ0) is 17.1. The monoisotopic (exact) mass is 320 g/mol. The van der Waals surface area contributed by atoms with Crippen LogP contribution in [0.1, 0.15) is 13.8 Å². The molecule has 1 amide bonds. The highest BCUT2D eigenvalue weighted by atomic mass is 16.5. The molecule has 2 heterocycles. The number of carbonyl (C=O) groups excluding carboxylic acids is 1. The van der Waals surface area contributed by atoms with Crippen molar-refractivity contribution in [2.75, 3.05) is 20.2 Å². The summed E-state index contributed by atoms with van der Waals surface area (Å²) in [6.45, 7) is 4.41. The molecule has 0 atom stereocenters. The van der Waals surface area contributed by atoms with Gasteiger partial charge in [0.25, 0.3) is 5.56 Å². The third-order valence-corrected chi connectivity index (χ3v) is 3.82. The Kier molecular flexibility index (Phi) is 4.83. The molecule has 2 aromatic rings. The van der Waals surface area contributed by atoms with Crippen molar-refractivity contribution in [3.8, 4) is 5.75 Å². The van der Waals surface area contributed by atoms with Crippen molar-refractivity contribution >= 4 is 16.9 Å². The Morgan fingerprint density at radius 3 is 2.52 bits per heavy atom. The number of aromatic nitrogens is 3. The van der Waals surface area contributed by atoms with Gasteiger partial charge in [-0.15, -0.1) is 0 Å². The fourth-order valence-electron chi connectivity index (χ4n) is 2.50. The number of nitrogens with zero attached hydrogens (tertiary/aromatic N) is 4. The first-order valence-corrected chi connectivity index (χ1v) is 7.36. The van der Waals surface area contributed by atoms with Crippen molar-refractivity contribution in [3.63, 3.8) is 0 Å². The molecule has 0 aliphatic carbocycles. The number of likely N-dealkylation sites (N-methyl/N-ethyl adjacent to an activating group) is 1. The predicted molar refractivity (Wildman–Crippen MR) is 85.7 cm³/mol. The summed E-state index contributed by atoms with van der Waals surface area (Å²) in [5.41, 5.74) is -0.928. The first-order chi connectivity index (χ1) is 11.0. The number of carbonyl (C=O) groups is 1. The zero-order valence-corrected chi connectivity index (χ0v) is 13.7. The van der Waals surface area contributed by atoms with Crippen molar-refractivity contribution in [3.05, 3.63) is 33.1 Å². The van der Waals surface area contributed by atoms with Crippen molar-refractivity contribution in [2.45, 2.75) is 20.4 Å². The maximum Gasteiger partial charge on any atom is 0.332 e. The van der Waals surface area contributed by atoms with Gasteiger partial charge in [0, 0.05) is 26.3 Å². The number of ether oxygens (including phenoxy) is 1. The maximum atomic E-state index is 12.7. The Labute approximate surface area is 132 Å². The Bertz CT molecular complexity index is 849. The second-order valence-corrected chi connectivity index (χ2v) is 5.01. The molecule has 0 N–H and O–H groups in total. The lowest BCUT2D eigenvalue weighted by Gasteiger charge is -2.19. The standard InChI is InChI=1S/C15H20N4O4/c1-5-18(6-2)11(20)9-19-14(21)12-10(23-4)7-8-16-13(12)17(3)15(19)22/h7-8H,5-6,9H2,1-4H3. The van der Waals surface area contributed by atoms with E-state index in [0.29, 0.717) is 18.8 Å². The molecule has 0 saturated carbocycles. The smallest absolute Gasteiger partial charge is 0.332 e. The van der Waals surface area contributed by atoms with Gasteiger partial charge in [-0.1, -0.05) is 0 Å². The average molecular weight is 320 g/mol. The lowest BCUT2D eigenvalue weighted by Crippen LogP contribution is -2.44. The van der Waals surface area contributed by atoms with Crippen LogP contribution in [-0.4, -0.2) is 45.1 Å². The van der Waals surface area contributed by atoms with E-state index in [4.69, 9.17) is 4.74 Å². The molecule has 0 fully saturated rings. The highest BCUT2D eigenvalue weighted by molar-refractivity contribution is 5.81. The lowest BCUT2D eigenvalue weighted by atomic mass is 10.3. The number of hydrogen-bond donors (Lipinski definition) is 0. The lowest BCUT2D eigenvalue weighted by molar-refractivity contribution is -0.131. The molecule has 8 nitrogen and oxygen atoms in total. The molecule has 0 aromatic carbocycles. The third-order valence-electron chi connectivity index (χ3n) is 3.82. The highest BCUT2D eigenvalue weighted by Gasteiger charge is 2.19. The van der Waals surface area contributed by atoms with Crippen LogP contribution >= 0.6 is 0 Å². The first kappa shape index (κ1) is 16.7. The number of methoxy groups -OCH3 is 1. The van der Waals surface area contributed by atoms with E-state index in [0.717, 1.165) is 4.57 Å². The minimum Gasteiger partial charge on any atom is -0.496 e. The van der Waals surface area contributed by atoms with Crippen LogP contribution in [-0.2, 0) is 18.4 Å². The summed E-state index contributed by atoms with van der Waals surface area (Å²) in [6, 6.07) is 1.55. The van der Waals surface area contributed by atoms with Gasteiger partial charge in [-0.25, -0.2) is 14.3 Å². The van der Waals surface area contributed by atoms with E-state index in [-0.39, 0.29) is 23.5 Å². The quantitative estimate of drug-likeness (QED) is 0.772. The molecule has 8 heteroatoms. The summed E-state index contributed by atoms with van der Waals surface area (Å²) in [5, 5.41) is 0.185. The molecular weight excluding hydrogens is 300 g/mol. The Morgan fingerprint density at radius 1 is 1.30 bits per heavy atom. The topological polar surface area (TPSA) is 86.4 Å². The fourth-order valence-corrected chi connectivity index (χ4v) is 2.50. The van der Waals surface area contributed by atoms with Gasteiger partial charge < -0.3 is 9.64 Å². The van der Waals surface area contributed by atoms with Crippen molar-refractivity contribution in [1.82, 2.24) is 19.0 Å². The summed E-state index contributed by atoms with van der Waals surface area (Å²) in [6.07, 6.45) is 1.46. The summed E-state index contributed by atoms with van der Waals surface area (Å²) >= 11 is 0. The van der Waals surface area contributed by atoms with Gasteiger partial charge in [-0.05, 0) is 19.9 Å². The molecule has 0 radical (unpaired) electrons. The molecule has 23 heavy (non-hydrogen) atoms. The molecular formula is C15H20N4O4. The van der Waals surface area contributed by atoms with Crippen molar-refractivity contribution in [2.24, 2.45) is 7.05 Å². The Balaban J connectivity index is 2.68. The molecule has 124 valence electrons. The molecule has 0 saturated heterocycles. The number of pyridine rings is 1. The van der Waals surface area contributed by atoms with Gasteiger partial charge in [-0.3, -0.25) is 14.2 Å². The number of rotatable bonds is 5. The van der Waals surface area contributed by atoms with Gasteiger partial charge in [0.2, 0.25) is 5.91 Å². The normalized spacial score (nSPS) is 10.8. The summed E-state index contributed by atoms with van der Waals surface area (Å²) < 4.78 is 7.36. The Hall–Kier alpha value is -2.64. The average Bonchev–Trinajstić information content (AvgIpc) is 2.57. The van der Waals surface area contributed by atoms with Gasteiger partial charge in [0.05, 0.1) is 7.11 Å². The molecule has 0 bridgehead atoms. The first-order valence-electron chi connectivity index (χ1n) is 7.36. The van der Waals surface area contributed by atoms with Gasteiger partial charge in [0.15, 0.2) is 5.65 Å². The van der Waals surface area contributed by atoms with Crippen LogP contribution in [0.4, 0.5) is 0 Å². The Morgan fingerprint density at radius 2 is 1.96 bits per heavy atom. The minimum atomic E-state index is -0.580. The molecule has 0 spiro atoms. The number of amides is 1. The summed E-state index contributed by atoms with van der Waals surface area (Å²) in [5.74, 6) is 0.0380. The van der Waals surface area contributed by atoms with Crippen LogP contribution in [0.25, 0.3) is 11.0 Å². The van der Waals surface area contributed by atoms with Crippen LogP contribution in [0, 0.1) is 0 Å². The molecule has 0 aliphatic rings. The largest absolute Gasteiger partial charge is 0.496 e. The minimum absolute atomic E-state index is 0.185. The van der Waals surface area contributed by atoms with Gasteiger partial charge in [0.1, 0.15) is 17.7 Å². The SMILES string of the molecule is CCN(CC)C(=O)Cn1c(=O)c2c(OC)ccnc2n(C)c1=O. The van der Waals surface area contributed by atoms with Crippen molar-refractivity contribution < 1.29 is 9.53 Å². The number of fused-ring (bicyclic) bond motifs is 1. The summed E-state index contributed by atoms with van der Waals surface area (Å²) in [7, 11) is 2.94. The second-order valence-electron chi connectivity index (χ2n) is 5.01. The van der Waals surface area contributed by atoms with E-state index in [9.17, 15) is 14.4 Å². The van der Waals surface area contributed by atoms with E-state index in [2.05, 4.69) is 4.98 Å². The van der Waals surface area contributed by atoms with Crippen LogP contribution in [0.15, 0.2) is 21.9 Å². The van der Waals surface area contributed by atoms with Gasteiger partial charge >= 0.3 is 5.69 Å². The van der Waals surface area contributed by atoms with Crippen LogP contribution in [0.3, 0.4) is 0 Å². The molecule has 0 aliphatic heterocycles. The van der Waals surface area contributed by atoms with E-state index < -0.39 is 11.2 Å². The summed E-state index contributed by atoms with van der Waals surface area (Å²) in [4.78, 5) is 43.0.